The molecule has 0 spiro atoms. The van der Waals surface area contributed by atoms with Crippen LogP contribution in [0, 0.1) is 25.6 Å². The van der Waals surface area contributed by atoms with Gasteiger partial charge >= 0.3 is 0 Å². The highest BCUT2D eigenvalue weighted by atomic mass is 19.1. The monoisotopic (exact) mass is 391 g/mol. The number of benzene rings is 2. The van der Waals surface area contributed by atoms with Crippen molar-refractivity contribution in [1.29, 1.82) is 0 Å². The van der Waals surface area contributed by atoms with Gasteiger partial charge in [-0.1, -0.05) is 0 Å². The van der Waals surface area contributed by atoms with Gasteiger partial charge < -0.3 is 14.8 Å². The molecular formula is C23H22FN3O2. The molecule has 1 aliphatic rings. The maximum absolute atomic E-state index is 13.1. The van der Waals surface area contributed by atoms with E-state index < -0.39 is 5.92 Å². The summed E-state index contributed by atoms with van der Waals surface area (Å²) in [6.45, 7) is 4.38. The van der Waals surface area contributed by atoms with E-state index >= 15 is 0 Å². The molecule has 2 aromatic carbocycles. The minimum Gasteiger partial charge on any atom is -0.326 e. The fraction of sp³-hybridized carbons (Fsp3) is 0.217. The fourth-order valence-corrected chi connectivity index (χ4v) is 3.77. The van der Waals surface area contributed by atoms with Crippen molar-refractivity contribution in [2.75, 3.05) is 16.8 Å². The van der Waals surface area contributed by atoms with E-state index in [0.29, 0.717) is 11.4 Å². The van der Waals surface area contributed by atoms with Crippen molar-refractivity contribution < 1.29 is 14.0 Å². The van der Waals surface area contributed by atoms with E-state index in [1.165, 1.54) is 17.0 Å². The second kappa shape index (κ2) is 7.54. The van der Waals surface area contributed by atoms with Crippen LogP contribution >= 0.6 is 0 Å². The largest absolute Gasteiger partial charge is 0.326 e. The molecule has 1 aliphatic heterocycles. The molecule has 0 radical (unpaired) electrons. The summed E-state index contributed by atoms with van der Waals surface area (Å²) >= 11 is 0. The number of nitrogens with zero attached hydrogens (tertiary/aromatic N) is 2. The second-order valence-corrected chi connectivity index (χ2v) is 7.37. The summed E-state index contributed by atoms with van der Waals surface area (Å²) in [6, 6.07) is 17.5. The van der Waals surface area contributed by atoms with Crippen molar-refractivity contribution in [3.63, 3.8) is 0 Å². The summed E-state index contributed by atoms with van der Waals surface area (Å²) in [4.78, 5) is 26.5. The third kappa shape index (κ3) is 3.78. The quantitative estimate of drug-likeness (QED) is 0.724. The number of aryl methyl sites for hydroxylation is 2. The minimum absolute atomic E-state index is 0.134. The number of hydrogen-bond acceptors (Lipinski definition) is 2. The Morgan fingerprint density at radius 3 is 2.14 bits per heavy atom. The number of nitrogens with one attached hydrogen (secondary N) is 1. The van der Waals surface area contributed by atoms with Gasteiger partial charge in [-0.3, -0.25) is 9.59 Å². The molecule has 0 aliphatic carbocycles. The lowest BCUT2D eigenvalue weighted by Crippen LogP contribution is -2.28. The van der Waals surface area contributed by atoms with Crippen LogP contribution in [0.5, 0.6) is 0 Å². The highest BCUT2D eigenvalue weighted by Gasteiger charge is 2.35. The summed E-state index contributed by atoms with van der Waals surface area (Å²) in [7, 11) is 0. The number of halogens is 1. The number of rotatable bonds is 4. The number of hydrogen-bond donors (Lipinski definition) is 1. The van der Waals surface area contributed by atoms with Crippen LogP contribution < -0.4 is 10.2 Å². The molecule has 5 nitrogen and oxygen atoms in total. The molecule has 6 heteroatoms. The van der Waals surface area contributed by atoms with E-state index in [2.05, 4.69) is 22.0 Å². The van der Waals surface area contributed by atoms with Gasteiger partial charge in [-0.05, 0) is 74.5 Å². The van der Waals surface area contributed by atoms with Crippen LogP contribution in [0.2, 0.25) is 0 Å². The Morgan fingerprint density at radius 2 is 1.52 bits per heavy atom. The molecule has 148 valence electrons. The van der Waals surface area contributed by atoms with Crippen LogP contribution in [0.15, 0.2) is 60.7 Å². The van der Waals surface area contributed by atoms with E-state index in [9.17, 15) is 14.0 Å². The molecule has 1 atom stereocenters. The van der Waals surface area contributed by atoms with Crippen molar-refractivity contribution in [1.82, 2.24) is 4.57 Å². The molecule has 0 saturated carbocycles. The average molecular weight is 391 g/mol. The Hall–Kier alpha value is -3.41. The molecule has 3 aromatic rings. The smallest absolute Gasteiger partial charge is 0.229 e. The number of carbonyl (C=O) groups is 2. The van der Waals surface area contributed by atoms with Gasteiger partial charge in [-0.2, -0.15) is 0 Å². The number of anilines is 2. The van der Waals surface area contributed by atoms with Crippen LogP contribution in [-0.2, 0) is 9.59 Å². The standard InChI is InChI=1S/C23H22FN3O2/c1-15-3-4-16(2)27(15)21-11-7-19(8-12-21)25-23(29)17-13-22(28)26(14-17)20-9-5-18(24)6-10-20/h3-12,17H,13-14H2,1-2H3,(H,25,29)/t17-/m1/s1. The predicted molar refractivity (Wildman–Crippen MR) is 111 cm³/mol. The topological polar surface area (TPSA) is 54.3 Å². The first-order valence-electron chi connectivity index (χ1n) is 9.54. The van der Waals surface area contributed by atoms with Gasteiger partial charge in [0.1, 0.15) is 5.82 Å². The second-order valence-electron chi connectivity index (χ2n) is 7.37. The van der Waals surface area contributed by atoms with Crippen LogP contribution in [0.1, 0.15) is 17.8 Å². The molecule has 1 N–H and O–H groups in total. The molecule has 2 heterocycles. The third-order valence-corrected chi connectivity index (χ3v) is 5.30. The summed E-state index contributed by atoms with van der Waals surface area (Å²) in [5, 5.41) is 2.90. The highest BCUT2D eigenvalue weighted by molar-refractivity contribution is 6.03. The first-order chi connectivity index (χ1) is 13.9. The molecular weight excluding hydrogens is 369 g/mol. The molecule has 0 bridgehead atoms. The Labute approximate surface area is 168 Å². The van der Waals surface area contributed by atoms with E-state index in [-0.39, 0.29) is 30.6 Å². The van der Waals surface area contributed by atoms with Crippen molar-refractivity contribution in [2.24, 2.45) is 5.92 Å². The van der Waals surface area contributed by atoms with Crippen LogP contribution in [0.3, 0.4) is 0 Å². The van der Waals surface area contributed by atoms with Crippen molar-refractivity contribution in [3.8, 4) is 5.69 Å². The van der Waals surface area contributed by atoms with E-state index in [4.69, 9.17) is 0 Å². The summed E-state index contributed by atoms with van der Waals surface area (Å²) in [5.41, 5.74) is 4.61. The summed E-state index contributed by atoms with van der Waals surface area (Å²) in [5.74, 6) is -1.13. The molecule has 1 fully saturated rings. The highest BCUT2D eigenvalue weighted by Crippen LogP contribution is 2.26. The molecule has 4 rings (SSSR count). The van der Waals surface area contributed by atoms with Crippen LogP contribution in [-0.4, -0.2) is 22.9 Å². The maximum atomic E-state index is 13.1. The Kier molecular flexibility index (Phi) is 4.92. The number of carbonyl (C=O) groups excluding carboxylic acids is 2. The van der Waals surface area contributed by atoms with E-state index in [1.54, 1.807) is 12.1 Å². The van der Waals surface area contributed by atoms with Crippen molar-refractivity contribution >= 4 is 23.2 Å². The third-order valence-electron chi connectivity index (χ3n) is 5.30. The van der Waals surface area contributed by atoms with Gasteiger partial charge in [0.15, 0.2) is 0 Å². The lowest BCUT2D eigenvalue weighted by Gasteiger charge is -2.17. The van der Waals surface area contributed by atoms with Crippen molar-refractivity contribution in [2.45, 2.75) is 20.3 Å². The first-order valence-corrected chi connectivity index (χ1v) is 9.54. The summed E-state index contributed by atoms with van der Waals surface area (Å²) < 4.78 is 15.3. The molecule has 1 saturated heterocycles. The van der Waals surface area contributed by atoms with E-state index in [1.807, 2.05) is 38.1 Å². The fourth-order valence-electron chi connectivity index (χ4n) is 3.77. The lowest BCUT2D eigenvalue weighted by molar-refractivity contribution is -0.122. The maximum Gasteiger partial charge on any atom is 0.229 e. The Balaban J connectivity index is 1.43. The predicted octanol–water partition coefficient (Wildman–Crippen LogP) is 4.22. The number of aromatic nitrogens is 1. The minimum atomic E-state index is -0.443. The van der Waals surface area contributed by atoms with Gasteiger partial charge in [0.25, 0.3) is 0 Å². The van der Waals surface area contributed by atoms with Gasteiger partial charge in [0.2, 0.25) is 11.8 Å². The van der Waals surface area contributed by atoms with Crippen LogP contribution in [0.25, 0.3) is 5.69 Å². The first kappa shape index (κ1) is 18.9. The van der Waals surface area contributed by atoms with Crippen LogP contribution in [0.4, 0.5) is 15.8 Å². The Bertz CT molecular complexity index is 1040. The Morgan fingerprint density at radius 1 is 0.931 bits per heavy atom. The normalized spacial score (nSPS) is 16.3. The zero-order valence-corrected chi connectivity index (χ0v) is 16.4. The zero-order valence-electron chi connectivity index (χ0n) is 16.4. The van der Waals surface area contributed by atoms with Gasteiger partial charge in [0.05, 0.1) is 5.92 Å². The van der Waals surface area contributed by atoms with Gasteiger partial charge in [-0.25, -0.2) is 4.39 Å². The number of amides is 2. The SMILES string of the molecule is Cc1ccc(C)n1-c1ccc(NC(=O)[C@@H]2CC(=O)N(c3ccc(F)cc3)C2)cc1. The van der Waals surface area contributed by atoms with Gasteiger partial charge in [-0.15, -0.1) is 0 Å². The summed E-state index contributed by atoms with van der Waals surface area (Å²) in [6.07, 6.45) is 0.142. The molecule has 0 unspecified atom stereocenters. The van der Waals surface area contributed by atoms with Gasteiger partial charge in [0, 0.05) is 41.4 Å². The zero-order chi connectivity index (χ0) is 20.5. The van der Waals surface area contributed by atoms with Crippen molar-refractivity contribution in [3.05, 3.63) is 77.9 Å². The average Bonchev–Trinajstić information content (AvgIpc) is 3.25. The lowest BCUT2D eigenvalue weighted by atomic mass is 10.1. The molecule has 2 amide bonds. The molecule has 29 heavy (non-hydrogen) atoms. The molecule has 1 aromatic heterocycles. The van der Waals surface area contributed by atoms with E-state index in [0.717, 1.165) is 17.1 Å².